The first-order chi connectivity index (χ1) is 9.08. The van der Waals surface area contributed by atoms with Gasteiger partial charge in [-0.25, -0.2) is 0 Å². The Kier molecular flexibility index (Phi) is 6.32. The molecule has 0 aliphatic rings. The van der Waals surface area contributed by atoms with E-state index in [0.717, 1.165) is 25.1 Å². The second kappa shape index (κ2) is 7.51. The predicted octanol–water partition coefficient (Wildman–Crippen LogP) is 3.14. The molecular formula is C16H27NO2. The zero-order valence-electron chi connectivity index (χ0n) is 12.6. The van der Waals surface area contributed by atoms with Crippen LogP contribution in [-0.4, -0.2) is 25.4 Å². The van der Waals surface area contributed by atoms with E-state index in [1.54, 1.807) is 7.11 Å². The molecule has 1 rings (SSSR count). The zero-order chi connectivity index (χ0) is 14.3. The lowest BCUT2D eigenvalue weighted by atomic mass is 9.88. The normalized spacial score (nSPS) is 15.8. The van der Waals surface area contributed by atoms with Gasteiger partial charge < -0.3 is 15.2 Å². The van der Waals surface area contributed by atoms with Crippen molar-refractivity contribution in [2.24, 2.45) is 5.41 Å². The zero-order valence-corrected chi connectivity index (χ0v) is 12.6. The van der Waals surface area contributed by atoms with Gasteiger partial charge in [0.2, 0.25) is 0 Å². The second-order valence-corrected chi connectivity index (χ2v) is 5.44. The fourth-order valence-corrected chi connectivity index (χ4v) is 2.00. The van der Waals surface area contributed by atoms with Crippen molar-refractivity contribution < 1.29 is 9.84 Å². The van der Waals surface area contributed by atoms with Crippen LogP contribution in [0.3, 0.4) is 0 Å². The first-order valence-electron chi connectivity index (χ1n) is 7.06. The summed E-state index contributed by atoms with van der Waals surface area (Å²) in [5, 5.41) is 13.0. The number of aliphatic hydroxyl groups excluding tert-OH is 1. The molecule has 2 atom stereocenters. The number of hydrogen-bond acceptors (Lipinski definition) is 3. The highest BCUT2D eigenvalue weighted by molar-refractivity contribution is 5.29. The number of aliphatic hydroxyl groups is 1. The highest BCUT2D eigenvalue weighted by Crippen LogP contribution is 2.23. The van der Waals surface area contributed by atoms with Crippen LogP contribution in [0.2, 0.25) is 0 Å². The first kappa shape index (κ1) is 16.0. The number of nitrogens with one attached hydrogen (secondary N) is 1. The highest BCUT2D eigenvalue weighted by atomic mass is 16.5. The average Bonchev–Trinajstić information content (AvgIpc) is 2.48. The maximum atomic E-state index is 9.45. The number of methoxy groups -OCH3 is 1. The Morgan fingerprint density at radius 2 is 1.89 bits per heavy atom. The fraction of sp³-hybridized carbons (Fsp3) is 0.625. The molecule has 0 amide bonds. The molecule has 0 spiro atoms. The van der Waals surface area contributed by atoms with Crippen LogP contribution in [0.5, 0.6) is 5.75 Å². The van der Waals surface area contributed by atoms with Crippen LogP contribution >= 0.6 is 0 Å². The quantitative estimate of drug-likeness (QED) is 0.758. The Balaban J connectivity index is 2.67. The molecular weight excluding hydrogens is 238 g/mol. The van der Waals surface area contributed by atoms with E-state index in [1.807, 2.05) is 12.1 Å². The van der Waals surface area contributed by atoms with E-state index in [2.05, 4.69) is 38.2 Å². The van der Waals surface area contributed by atoms with Crippen LogP contribution in [0.4, 0.5) is 0 Å². The standard InChI is InChI=1S/C16H27NO2/c1-5-15(17-11-16(3,6-2)12-18)13-7-9-14(19-4)10-8-13/h7-10,15,17-18H,5-6,11-12H2,1-4H3. The van der Waals surface area contributed by atoms with Gasteiger partial charge in [0.25, 0.3) is 0 Å². The minimum atomic E-state index is -0.0418. The van der Waals surface area contributed by atoms with E-state index in [-0.39, 0.29) is 12.0 Å². The number of hydrogen-bond donors (Lipinski definition) is 2. The molecule has 1 aromatic carbocycles. The summed E-state index contributed by atoms with van der Waals surface area (Å²) in [6.07, 6.45) is 1.99. The van der Waals surface area contributed by atoms with Gasteiger partial charge in [-0.3, -0.25) is 0 Å². The van der Waals surface area contributed by atoms with E-state index in [9.17, 15) is 5.11 Å². The minimum Gasteiger partial charge on any atom is -0.497 e. The topological polar surface area (TPSA) is 41.5 Å². The van der Waals surface area contributed by atoms with Gasteiger partial charge in [-0.1, -0.05) is 32.9 Å². The lowest BCUT2D eigenvalue weighted by molar-refractivity contribution is 0.131. The van der Waals surface area contributed by atoms with Crippen LogP contribution in [0.15, 0.2) is 24.3 Å². The van der Waals surface area contributed by atoms with Crippen molar-refractivity contribution >= 4 is 0 Å². The van der Waals surface area contributed by atoms with Crippen molar-refractivity contribution in [3.05, 3.63) is 29.8 Å². The Hall–Kier alpha value is -1.06. The van der Waals surface area contributed by atoms with E-state index in [0.29, 0.717) is 6.04 Å². The van der Waals surface area contributed by atoms with Gasteiger partial charge in [0.05, 0.1) is 7.11 Å². The number of rotatable bonds is 8. The Morgan fingerprint density at radius 3 is 2.32 bits per heavy atom. The van der Waals surface area contributed by atoms with Crippen LogP contribution in [0, 0.1) is 5.41 Å². The van der Waals surface area contributed by atoms with Crippen molar-refractivity contribution in [1.82, 2.24) is 5.32 Å². The first-order valence-corrected chi connectivity index (χ1v) is 7.06. The molecule has 0 aromatic heterocycles. The predicted molar refractivity (Wildman–Crippen MR) is 79.5 cm³/mol. The number of benzene rings is 1. The minimum absolute atomic E-state index is 0.0418. The van der Waals surface area contributed by atoms with Crippen LogP contribution in [0.1, 0.15) is 45.2 Å². The third-order valence-corrected chi connectivity index (χ3v) is 3.94. The maximum Gasteiger partial charge on any atom is 0.118 e. The van der Waals surface area contributed by atoms with Gasteiger partial charge in [0, 0.05) is 24.6 Å². The highest BCUT2D eigenvalue weighted by Gasteiger charge is 2.22. The van der Waals surface area contributed by atoms with Gasteiger partial charge in [0.15, 0.2) is 0 Å². The summed E-state index contributed by atoms with van der Waals surface area (Å²) in [7, 11) is 1.68. The van der Waals surface area contributed by atoms with Crippen molar-refractivity contribution in [1.29, 1.82) is 0 Å². The molecule has 0 radical (unpaired) electrons. The van der Waals surface area contributed by atoms with Gasteiger partial charge in [0.1, 0.15) is 5.75 Å². The molecule has 0 bridgehead atoms. The van der Waals surface area contributed by atoms with Gasteiger partial charge in [-0.15, -0.1) is 0 Å². The smallest absolute Gasteiger partial charge is 0.118 e. The summed E-state index contributed by atoms with van der Waals surface area (Å²) < 4.78 is 5.18. The molecule has 2 unspecified atom stereocenters. The summed E-state index contributed by atoms with van der Waals surface area (Å²) in [4.78, 5) is 0. The third kappa shape index (κ3) is 4.51. The van der Waals surface area contributed by atoms with Gasteiger partial charge in [-0.2, -0.15) is 0 Å². The third-order valence-electron chi connectivity index (χ3n) is 3.94. The Labute approximate surface area is 117 Å². The molecule has 0 fully saturated rings. The van der Waals surface area contributed by atoms with E-state index < -0.39 is 0 Å². The summed E-state index contributed by atoms with van der Waals surface area (Å²) >= 11 is 0. The molecule has 0 heterocycles. The van der Waals surface area contributed by atoms with Crippen molar-refractivity contribution in [2.75, 3.05) is 20.3 Å². The average molecular weight is 265 g/mol. The molecule has 3 nitrogen and oxygen atoms in total. The Bertz CT molecular complexity index is 358. The van der Waals surface area contributed by atoms with Crippen molar-refractivity contribution in [2.45, 2.75) is 39.7 Å². The molecule has 0 saturated heterocycles. The monoisotopic (exact) mass is 265 g/mol. The molecule has 0 aliphatic carbocycles. The van der Waals surface area contributed by atoms with Crippen LogP contribution in [0.25, 0.3) is 0 Å². The molecule has 3 heteroatoms. The summed E-state index contributed by atoms with van der Waals surface area (Å²) in [6.45, 7) is 7.44. The summed E-state index contributed by atoms with van der Waals surface area (Å²) in [6, 6.07) is 8.50. The molecule has 0 aliphatic heterocycles. The molecule has 0 saturated carbocycles. The summed E-state index contributed by atoms with van der Waals surface area (Å²) in [5.41, 5.74) is 1.22. The van der Waals surface area contributed by atoms with Gasteiger partial charge in [-0.05, 0) is 30.5 Å². The van der Waals surface area contributed by atoms with E-state index in [1.165, 1.54) is 5.56 Å². The number of ether oxygens (including phenoxy) is 1. The molecule has 108 valence electrons. The maximum absolute atomic E-state index is 9.45. The Morgan fingerprint density at radius 1 is 1.26 bits per heavy atom. The lowest BCUT2D eigenvalue weighted by Crippen LogP contribution is -2.36. The fourth-order valence-electron chi connectivity index (χ4n) is 2.00. The van der Waals surface area contributed by atoms with Gasteiger partial charge >= 0.3 is 0 Å². The second-order valence-electron chi connectivity index (χ2n) is 5.44. The molecule has 2 N–H and O–H groups in total. The van der Waals surface area contributed by atoms with Crippen molar-refractivity contribution in [3.63, 3.8) is 0 Å². The SMILES string of the molecule is CCC(NCC(C)(CC)CO)c1ccc(OC)cc1. The molecule has 1 aromatic rings. The lowest BCUT2D eigenvalue weighted by Gasteiger charge is -2.29. The van der Waals surface area contributed by atoms with Crippen LogP contribution in [-0.2, 0) is 0 Å². The molecule has 19 heavy (non-hydrogen) atoms. The summed E-state index contributed by atoms with van der Waals surface area (Å²) in [5.74, 6) is 0.882. The van der Waals surface area contributed by atoms with E-state index >= 15 is 0 Å². The van der Waals surface area contributed by atoms with Crippen molar-refractivity contribution in [3.8, 4) is 5.75 Å². The largest absolute Gasteiger partial charge is 0.497 e. The van der Waals surface area contributed by atoms with Crippen LogP contribution < -0.4 is 10.1 Å². The van der Waals surface area contributed by atoms with E-state index in [4.69, 9.17) is 4.74 Å².